The molecule has 1 aliphatic rings. The molecule has 3 aromatic carbocycles. The summed E-state index contributed by atoms with van der Waals surface area (Å²) in [7, 11) is 1.69. The Kier molecular flexibility index (Phi) is 13.4. The molecule has 4 aromatic rings. The van der Waals surface area contributed by atoms with Gasteiger partial charge in [-0.3, -0.25) is 9.69 Å². The van der Waals surface area contributed by atoms with E-state index in [0.717, 1.165) is 41.9 Å². The Bertz CT molecular complexity index is 1630. The number of amides is 1. The predicted octanol–water partition coefficient (Wildman–Crippen LogP) is 8.16. The number of ether oxygens (including phenoxy) is 3. The summed E-state index contributed by atoms with van der Waals surface area (Å²) < 4.78 is 16.9. The first kappa shape index (κ1) is 35.7. The summed E-state index contributed by atoms with van der Waals surface area (Å²) in [5.74, 6) is 1.59. The third kappa shape index (κ3) is 10.7. The number of halogens is 2. The lowest BCUT2D eigenvalue weighted by Crippen LogP contribution is -2.47. The summed E-state index contributed by atoms with van der Waals surface area (Å²) in [5.41, 5.74) is 6.39. The molecule has 246 valence electrons. The van der Waals surface area contributed by atoms with Crippen LogP contribution in [0.2, 0.25) is 5.02 Å². The van der Waals surface area contributed by atoms with Crippen LogP contribution in [0.25, 0.3) is 12.2 Å². The van der Waals surface area contributed by atoms with Gasteiger partial charge in [0, 0.05) is 52.0 Å². The van der Waals surface area contributed by atoms with Gasteiger partial charge in [0.05, 0.1) is 17.8 Å². The second-order valence-electron chi connectivity index (χ2n) is 11.4. The molecule has 1 fully saturated rings. The van der Waals surface area contributed by atoms with Crippen LogP contribution in [0.5, 0.6) is 17.4 Å². The van der Waals surface area contributed by atoms with E-state index >= 15 is 0 Å². The van der Waals surface area contributed by atoms with E-state index in [-0.39, 0.29) is 18.3 Å². The van der Waals surface area contributed by atoms with E-state index in [0.29, 0.717) is 48.7 Å². The third-order valence-corrected chi connectivity index (χ3v) is 8.04. The van der Waals surface area contributed by atoms with Gasteiger partial charge in [-0.2, -0.15) is 0 Å². The number of benzene rings is 3. The molecular weight excluding hydrogens is 633 g/mol. The van der Waals surface area contributed by atoms with Crippen molar-refractivity contribution in [3.63, 3.8) is 0 Å². The van der Waals surface area contributed by atoms with Gasteiger partial charge in [0.15, 0.2) is 5.75 Å². The van der Waals surface area contributed by atoms with E-state index in [1.807, 2.05) is 42.2 Å². The van der Waals surface area contributed by atoms with E-state index < -0.39 is 0 Å². The first-order valence-corrected chi connectivity index (χ1v) is 15.8. The summed E-state index contributed by atoms with van der Waals surface area (Å²) in [6.45, 7) is 8.97. The second-order valence-corrected chi connectivity index (χ2v) is 11.8. The van der Waals surface area contributed by atoms with Crippen molar-refractivity contribution >= 4 is 42.1 Å². The number of carbonyl (C=O) groups is 1. The van der Waals surface area contributed by atoms with Crippen molar-refractivity contribution < 1.29 is 19.0 Å². The SMILES string of the molecule is COCC=Cc1ccc(CN2CCN(C(=O)C=Cc3cc(C)c(Oc4ccc(OCc5ccc(C)cc5)cn4)c(Cl)c3)CC2)cc1.Cl. The predicted molar refractivity (Wildman–Crippen MR) is 192 cm³/mol. The van der Waals surface area contributed by atoms with Crippen molar-refractivity contribution in [2.75, 3.05) is 39.9 Å². The van der Waals surface area contributed by atoms with Crippen LogP contribution in [0, 0.1) is 13.8 Å². The van der Waals surface area contributed by atoms with Gasteiger partial charge in [-0.05, 0) is 65.9 Å². The average Bonchev–Trinajstić information content (AvgIpc) is 3.07. The Morgan fingerprint density at radius 3 is 2.28 bits per heavy atom. The van der Waals surface area contributed by atoms with Crippen LogP contribution >= 0.6 is 24.0 Å². The molecule has 9 heteroatoms. The number of aromatic nitrogens is 1. The maximum atomic E-state index is 13.0. The largest absolute Gasteiger partial charge is 0.487 e. The molecule has 0 N–H and O–H groups in total. The van der Waals surface area contributed by atoms with Gasteiger partial charge >= 0.3 is 0 Å². The lowest BCUT2D eigenvalue weighted by atomic mass is 10.1. The highest BCUT2D eigenvalue weighted by atomic mass is 35.5. The molecule has 1 amide bonds. The van der Waals surface area contributed by atoms with E-state index in [9.17, 15) is 4.79 Å². The molecule has 1 aromatic heterocycles. The zero-order valence-corrected chi connectivity index (χ0v) is 28.6. The number of pyridine rings is 1. The van der Waals surface area contributed by atoms with Gasteiger partial charge in [0.1, 0.15) is 12.4 Å². The molecule has 7 nitrogen and oxygen atoms in total. The minimum absolute atomic E-state index is 0. The minimum atomic E-state index is -0.00478. The summed E-state index contributed by atoms with van der Waals surface area (Å²) >= 11 is 6.61. The smallest absolute Gasteiger partial charge is 0.246 e. The number of carbonyl (C=O) groups excluding carboxylic acids is 1. The van der Waals surface area contributed by atoms with Gasteiger partial charge in [0.2, 0.25) is 11.8 Å². The van der Waals surface area contributed by atoms with E-state index in [1.54, 1.807) is 37.6 Å². The van der Waals surface area contributed by atoms with Crippen molar-refractivity contribution in [3.05, 3.63) is 130 Å². The number of hydrogen-bond acceptors (Lipinski definition) is 6. The van der Waals surface area contributed by atoms with Gasteiger partial charge in [-0.15, -0.1) is 12.4 Å². The Morgan fingerprint density at radius 2 is 1.62 bits per heavy atom. The zero-order valence-electron chi connectivity index (χ0n) is 27.0. The van der Waals surface area contributed by atoms with Crippen LogP contribution < -0.4 is 9.47 Å². The fourth-order valence-electron chi connectivity index (χ4n) is 5.12. The van der Waals surface area contributed by atoms with Gasteiger partial charge in [-0.1, -0.05) is 77.8 Å². The Labute approximate surface area is 288 Å². The maximum Gasteiger partial charge on any atom is 0.246 e. The molecule has 0 unspecified atom stereocenters. The topological polar surface area (TPSA) is 64.1 Å². The molecule has 0 aliphatic carbocycles. The number of rotatable bonds is 12. The molecule has 1 aliphatic heterocycles. The highest BCUT2D eigenvalue weighted by molar-refractivity contribution is 6.32. The second kappa shape index (κ2) is 17.7. The van der Waals surface area contributed by atoms with Crippen molar-refractivity contribution in [2.45, 2.75) is 27.0 Å². The fraction of sp³-hybridized carbons (Fsp3) is 0.263. The number of hydrogen-bond donors (Lipinski definition) is 0. The van der Waals surface area contributed by atoms with Crippen LogP contribution in [0.15, 0.2) is 91.1 Å². The van der Waals surface area contributed by atoms with E-state index in [4.69, 9.17) is 25.8 Å². The third-order valence-electron chi connectivity index (χ3n) is 7.75. The summed E-state index contributed by atoms with van der Waals surface area (Å²) in [6, 6.07) is 24.1. The normalized spacial score (nSPS) is 13.6. The molecule has 0 radical (unpaired) electrons. The van der Waals surface area contributed by atoms with Crippen LogP contribution in [-0.4, -0.2) is 60.6 Å². The maximum absolute atomic E-state index is 13.0. The standard InChI is InChI=1S/C38H40ClN3O4.ClH/c1-28-6-8-32(9-7-28)27-45-34-15-16-36(40-25-34)46-38-29(2)23-33(24-35(38)39)14-17-37(43)42-20-18-41(19-21-42)26-31-12-10-30(11-13-31)5-4-22-44-3;/h4-17,23-25H,18-22,26-27H2,1-3H3;1H. The number of methoxy groups -OCH3 is 1. The average molecular weight is 675 g/mol. The summed E-state index contributed by atoms with van der Waals surface area (Å²) in [5, 5.41) is 0.446. The van der Waals surface area contributed by atoms with E-state index in [2.05, 4.69) is 59.3 Å². The highest BCUT2D eigenvalue weighted by Crippen LogP contribution is 2.34. The van der Waals surface area contributed by atoms with Crippen molar-refractivity contribution in [2.24, 2.45) is 0 Å². The molecule has 5 rings (SSSR count). The number of piperazine rings is 1. The lowest BCUT2D eigenvalue weighted by Gasteiger charge is -2.34. The lowest BCUT2D eigenvalue weighted by molar-refractivity contribution is -0.127. The molecule has 1 saturated heterocycles. The minimum Gasteiger partial charge on any atom is -0.487 e. The van der Waals surface area contributed by atoms with Gasteiger partial charge in [-0.25, -0.2) is 4.98 Å². The van der Waals surface area contributed by atoms with Crippen molar-refractivity contribution in [1.29, 1.82) is 0 Å². The first-order valence-electron chi connectivity index (χ1n) is 15.4. The highest BCUT2D eigenvalue weighted by Gasteiger charge is 2.20. The Balaban J connectivity index is 0.00000500. The quantitative estimate of drug-likeness (QED) is 0.141. The molecule has 0 atom stereocenters. The molecule has 0 spiro atoms. The summed E-state index contributed by atoms with van der Waals surface area (Å²) in [6.07, 6.45) is 9.12. The molecular formula is C38H41Cl2N3O4. The molecule has 47 heavy (non-hydrogen) atoms. The molecule has 0 bridgehead atoms. The first-order chi connectivity index (χ1) is 22.4. The Hall–Kier alpha value is -4.14. The van der Waals surface area contributed by atoms with Crippen molar-refractivity contribution in [3.8, 4) is 17.4 Å². The fourth-order valence-corrected chi connectivity index (χ4v) is 5.44. The number of nitrogens with zero attached hydrogens (tertiary/aromatic N) is 3. The monoisotopic (exact) mass is 673 g/mol. The van der Waals surface area contributed by atoms with Gasteiger partial charge < -0.3 is 19.1 Å². The summed E-state index contributed by atoms with van der Waals surface area (Å²) in [4.78, 5) is 21.6. The molecule has 2 heterocycles. The van der Waals surface area contributed by atoms with Gasteiger partial charge in [0.25, 0.3) is 0 Å². The Morgan fingerprint density at radius 1 is 0.894 bits per heavy atom. The number of aryl methyl sites for hydroxylation is 2. The zero-order chi connectivity index (χ0) is 32.3. The van der Waals surface area contributed by atoms with E-state index in [1.165, 1.54) is 11.1 Å². The van der Waals surface area contributed by atoms with Crippen LogP contribution in [-0.2, 0) is 22.7 Å². The van der Waals surface area contributed by atoms with Crippen LogP contribution in [0.3, 0.4) is 0 Å². The van der Waals surface area contributed by atoms with Crippen LogP contribution in [0.1, 0.15) is 33.4 Å². The molecule has 0 saturated carbocycles. The van der Waals surface area contributed by atoms with Crippen molar-refractivity contribution in [1.82, 2.24) is 14.8 Å². The van der Waals surface area contributed by atoms with Crippen LogP contribution in [0.4, 0.5) is 0 Å².